The van der Waals surface area contributed by atoms with Crippen molar-refractivity contribution in [3.05, 3.63) is 58.8 Å². The van der Waals surface area contributed by atoms with E-state index in [4.69, 9.17) is 16.0 Å². The first kappa shape index (κ1) is 17.0. The van der Waals surface area contributed by atoms with Crippen molar-refractivity contribution in [1.29, 1.82) is 0 Å². The van der Waals surface area contributed by atoms with E-state index < -0.39 is 18.0 Å². The number of nitrogens with one attached hydrogen (secondary N) is 1. The molecule has 0 fully saturated rings. The molecule has 0 aliphatic rings. The number of amides is 1. The number of carbonyl (C=O) groups is 1. The smallest absolute Gasteiger partial charge is 0.467 e. The van der Waals surface area contributed by atoms with E-state index in [2.05, 4.69) is 20.0 Å². The van der Waals surface area contributed by atoms with Crippen molar-refractivity contribution < 1.29 is 26.9 Å². The maximum Gasteiger partial charge on any atom is 0.471 e. The lowest BCUT2D eigenvalue weighted by molar-refractivity contribution is -0.159. The average Bonchev–Trinajstić information content (AvgIpc) is 3.23. The van der Waals surface area contributed by atoms with E-state index in [1.807, 2.05) is 0 Å². The first-order valence-corrected chi connectivity index (χ1v) is 7.24. The summed E-state index contributed by atoms with van der Waals surface area (Å²) in [6.45, 7) is 0.170. The lowest BCUT2D eigenvalue weighted by atomic mass is 10.1. The zero-order valence-corrected chi connectivity index (χ0v) is 13.1. The Kier molecular flexibility index (Phi) is 4.49. The third-order valence-electron chi connectivity index (χ3n) is 3.14. The summed E-state index contributed by atoms with van der Waals surface area (Å²) in [6, 6.07) is 7.40. The molecule has 0 aliphatic heterocycles. The molecule has 130 valence electrons. The summed E-state index contributed by atoms with van der Waals surface area (Å²) < 4.78 is 46.7. The van der Waals surface area contributed by atoms with Gasteiger partial charge in [0.15, 0.2) is 0 Å². The van der Waals surface area contributed by atoms with Gasteiger partial charge in [0.05, 0.1) is 23.4 Å². The molecule has 0 saturated carbocycles. The van der Waals surface area contributed by atoms with Crippen LogP contribution in [0.5, 0.6) is 0 Å². The lowest BCUT2D eigenvalue weighted by Gasteiger charge is -2.06. The fraction of sp³-hybridized carbons (Fsp3) is 0.133. The molecule has 1 aromatic carbocycles. The van der Waals surface area contributed by atoms with Crippen molar-refractivity contribution in [2.45, 2.75) is 12.7 Å². The standard InChI is InChI=1S/C15H9ClF3N3O3/c16-11-6-8(12-21-14(25-22-12)15(17,18)19)3-4-10(11)13(23)20-7-9-2-1-5-24-9/h1-6H,7H2,(H,20,23). The number of rotatable bonds is 4. The minimum Gasteiger partial charge on any atom is -0.467 e. The van der Waals surface area contributed by atoms with E-state index in [1.165, 1.54) is 24.5 Å². The van der Waals surface area contributed by atoms with E-state index in [0.29, 0.717) is 5.76 Å². The number of hydrogen-bond acceptors (Lipinski definition) is 5. The van der Waals surface area contributed by atoms with Gasteiger partial charge in [-0.1, -0.05) is 22.8 Å². The summed E-state index contributed by atoms with van der Waals surface area (Å²) >= 11 is 6.04. The van der Waals surface area contributed by atoms with Crippen LogP contribution in [0.2, 0.25) is 5.02 Å². The number of halogens is 4. The highest BCUT2D eigenvalue weighted by atomic mass is 35.5. The van der Waals surface area contributed by atoms with Gasteiger partial charge in [0.2, 0.25) is 5.82 Å². The van der Waals surface area contributed by atoms with Gasteiger partial charge in [-0.05, 0) is 24.3 Å². The second kappa shape index (κ2) is 6.60. The molecule has 0 bridgehead atoms. The predicted molar refractivity (Wildman–Crippen MR) is 79.6 cm³/mol. The van der Waals surface area contributed by atoms with Crippen LogP contribution in [-0.2, 0) is 12.7 Å². The number of furan rings is 1. The summed E-state index contributed by atoms with van der Waals surface area (Å²) in [4.78, 5) is 15.4. The van der Waals surface area contributed by atoms with Crippen LogP contribution in [0.1, 0.15) is 22.0 Å². The van der Waals surface area contributed by atoms with Crippen LogP contribution >= 0.6 is 11.6 Å². The van der Waals surface area contributed by atoms with Gasteiger partial charge in [0.1, 0.15) is 5.76 Å². The fourth-order valence-corrected chi connectivity index (χ4v) is 2.24. The summed E-state index contributed by atoms with van der Waals surface area (Å²) in [7, 11) is 0. The summed E-state index contributed by atoms with van der Waals surface area (Å²) in [5.74, 6) is -1.64. The van der Waals surface area contributed by atoms with Gasteiger partial charge in [-0.3, -0.25) is 4.79 Å². The molecule has 0 radical (unpaired) electrons. The molecular weight excluding hydrogens is 363 g/mol. The van der Waals surface area contributed by atoms with Gasteiger partial charge in [-0.15, -0.1) is 0 Å². The number of alkyl halides is 3. The molecule has 3 rings (SSSR count). The average molecular weight is 372 g/mol. The first-order valence-electron chi connectivity index (χ1n) is 6.86. The Balaban J connectivity index is 1.76. The molecule has 25 heavy (non-hydrogen) atoms. The molecule has 2 heterocycles. The highest BCUT2D eigenvalue weighted by molar-refractivity contribution is 6.34. The van der Waals surface area contributed by atoms with Crippen LogP contribution in [-0.4, -0.2) is 16.0 Å². The predicted octanol–water partition coefficient (Wildman–Crippen LogP) is 3.93. The first-order chi connectivity index (χ1) is 11.8. The monoisotopic (exact) mass is 371 g/mol. The van der Waals surface area contributed by atoms with Crippen LogP contribution in [0.4, 0.5) is 13.2 Å². The normalized spacial score (nSPS) is 11.5. The molecule has 1 amide bonds. The van der Waals surface area contributed by atoms with Crippen LogP contribution in [0.3, 0.4) is 0 Å². The van der Waals surface area contributed by atoms with Gasteiger partial charge in [0, 0.05) is 5.56 Å². The number of nitrogens with zero attached hydrogens (tertiary/aromatic N) is 2. The zero-order chi connectivity index (χ0) is 18.0. The second-order valence-electron chi connectivity index (χ2n) is 4.88. The zero-order valence-electron chi connectivity index (χ0n) is 12.3. The van der Waals surface area contributed by atoms with Gasteiger partial charge in [-0.25, -0.2) is 0 Å². The molecule has 0 unspecified atom stereocenters. The van der Waals surface area contributed by atoms with Gasteiger partial charge in [-0.2, -0.15) is 18.2 Å². The minimum absolute atomic E-state index is 0.0350. The highest BCUT2D eigenvalue weighted by Gasteiger charge is 2.38. The van der Waals surface area contributed by atoms with Gasteiger partial charge >= 0.3 is 12.1 Å². The number of aromatic nitrogens is 2. The van der Waals surface area contributed by atoms with Crippen LogP contribution in [0, 0.1) is 0 Å². The van der Waals surface area contributed by atoms with E-state index in [0.717, 1.165) is 0 Å². The van der Waals surface area contributed by atoms with Crippen molar-refractivity contribution in [2.24, 2.45) is 0 Å². The Hall–Kier alpha value is -2.81. The Morgan fingerprint density at radius 3 is 2.68 bits per heavy atom. The summed E-state index contributed by atoms with van der Waals surface area (Å²) in [5.41, 5.74) is 0.336. The highest BCUT2D eigenvalue weighted by Crippen LogP contribution is 2.30. The van der Waals surface area contributed by atoms with Gasteiger partial charge in [0.25, 0.3) is 5.91 Å². The van der Waals surface area contributed by atoms with Crippen LogP contribution < -0.4 is 5.32 Å². The van der Waals surface area contributed by atoms with E-state index >= 15 is 0 Å². The van der Waals surface area contributed by atoms with Crippen molar-refractivity contribution in [3.8, 4) is 11.4 Å². The quantitative estimate of drug-likeness (QED) is 0.751. The van der Waals surface area contributed by atoms with Crippen molar-refractivity contribution in [2.75, 3.05) is 0 Å². The number of carbonyl (C=O) groups excluding carboxylic acids is 1. The third kappa shape index (κ3) is 3.82. The number of hydrogen-bond donors (Lipinski definition) is 1. The largest absolute Gasteiger partial charge is 0.471 e. The molecule has 10 heteroatoms. The lowest BCUT2D eigenvalue weighted by Crippen LogP contribution is -2.22. The van der Waals surface area contributed by atoms with Crippen molar-refractivity contribution in [1.82, 2.24) is 15.5 Å². The van der Waals surface area contributed by atoms with Gasteiger partial charge < -0.3 is 14.3 Å². The third-order valence-corrected chi connectivity index (χ3v) is 3.46. The summed E-state index contributed by atoms with van der Waals surface area (Å²) in [6.07, 6.45) is -3.26. The van der Waals surface area contributed by atoms with Crippen LogP contribution in [0.15, 0.2) is 45.5 Å². The maximum absolute atomic E-state index is 12.5. The molecule has 6 nitrogen and oxygen atoms in total. The Labute approximate surface area is 143 Å². The molecule has 0 atom stereocenters. The van der Waals surface area contributed by atoms with E-state index in [1.54, 1.807) is 12.1 Å². The minimum atomic E-state index is -4.74. The van der Waals surface area contributed by atoms with Crippen molar-refractivity contribution >= 4 is 17.5 Å². The van der Waals surface area contributed by atoms with Crippen LogP contribution in [0.25, 0.3) is 11.4 Å². The van der Waals surface area contributed by atoms with Crippen molar-refractivity contribution in [3.63, 3.8) is 0 Å². The Morgan fingerprint density at radius 2 is 2.08 bits per heavy atom. The molecule has 0 aliphatic carbocycles. The van der Waals surface area contributed by atoms with E-state index in [-0.39, 0.29) is 28.5 Å². The topological polar surface area (TPSA) is 81.2 Å². The molecule has 2 aromatic heterocycles. The molecule has 3 aromatic rings. The number of benzene rings is 1. The molecule has 0 spiro atoms. The fourth-order valence-electron chi connectivity index (χ4n) is 1.97. The SMILES string of the molecule is O=C(NCc1ccco1)c1ccc(-c2noc(C(F)(F)F)n2)cc1Cl. The second-order valence-corrected chi connectivity index (χ2v) is 5.28. The Bertz CT molecular complexity index is 891. The molecular formula is C15H9ClF3N3O3. The molecule has 0 saturated heterocycles. The van der Waals surface area contributed by atoms with E-state index in [9.17, 15) is 18.0 Å². The Morgan fingerprint density at radius 1 is 1.28 bits per heavy atom. The molecule has 1 N–H and O–H groups in total. The maximum atomic E-state index is 12.5. The summed E-state index contributed by atoms with van der Waals surface area (Å²) in [5, 5.41) is 5.91.